The van der Waals surface area contributed by atoms with Crippen molar-refractivity contribution in [1.82, 2.24) is 15.5 Å². The first kappa shape index (κ1) is 21.9. The van der Waals surface area contributed by atoms with Gasteiger partial charge in [-0.05, 0) is 44.7 Å². The van der Waals surface area contributed by atoms with Gasteiger partial charge in [0.15, 0.2) is 5.96 Å². The van der Waals surface area contributed by atoms with Crippen LogP contribution in [-0.2, 0) is 9.47 Å². The standard InChI is InChI=1S/C17H34N4O2.HI/c1-3-21-9-7-15(13-21)12-20-17(18-2)19-8-5-10-22-14-16-6-4-11-23-16;/h15-16H,3-14H2,1-2H3,(H2,18,19,20);1H. The Morgan fingerprint density at radius 2 is 2.21 bits per heavy atom. The van der Waals surface area contributed by atoms with Crippen molar-refractivity contribution in [2.75, 3.05) is 59.6 Å². The Balaban J connectivity index is 0.00000288. The van der Waals surface area contributed by atoms with Crippen LogP contribution in [0, 0.1) is 5.92 Å². The van der Waals surface area contributed by atoms with E-state index < -0.39 is 0 Å². The van der Waals surface area contributed by atoms with Crippen LogP contribution >= 0.6 is 24.0 Å². The first-order valence-electron chi connectivity index (χ1n) is 9.18. The molecule has 0 spiro atoms. The predicted octanol–water partition coefficient (Wildman–Crippen LogP) is 1.70. The Labute approximate surface area is 164 Å². The quantitative estimate of drug-likeness (QED) is 0.241. The molecule has 2 atom stereocenters. The van der Waals surface area contributed by atoms with Gasteiger partial charge < -0.3 is 25.0 Å². The number of aliphatic imine (C=N–C) groups is 1. The zero-order valence-electron chi connectivity index (χ0n) is 15.3. The van der Waals surface area contributed by atoms with Gasteiger partial charge in [0.05, 0.1) is 12.7 Å². The Kier molecular flexibility index (Phi) is 12.0. The first-order valence-corrected chi connectivity index (χ1v) is 9.18. The number of nitrogens with one attached hydrogen (secondary N) is 2. The van der Waals surface area contributed by atoms with Gasteiger partial charge in [-0.1, -0.05) is 6.92 Å². The highest BCUT2D eigenvalue weighted by Crippen LogP contribution is 2.14. The predicted molar refractivity (Wildman–Crippen MR) is 109 cm³/mol. The fourth-order valence-corrected chi connectivity index (χ4v) is 3.20. The van der Waals surface area contributed by atoms with Gasteiger partial charge in [0, 0.05) is 39.9 Å². The maximum atomic E-state index is 5.67. The van der Waals surface area contributed by atoms with E-state index in [9.17, 15) is 0 Å². The van der Waals surface area contributed by atoms with Crippen LogP contribution in [0.1, 0.15) is 32.6 Å². The van der Waals surface area contributed by atoms with Crippen LogP contribution in [0.25, 0.3) is 0 Å². The molecule has 2 heterocycles. The highest BCUT2D eigenvalue weighted by molar-refractivity contribution is 14.0. The van der Waals surface area contributed by atoms with E-state index in [0.717, 1.165) is 64.2 Å². The molecule has 2 fully saturated rings. The van der Waals surface area contributed by atoms with E-state index in [1.807, 2.05) is 7.05 Å². The van der Waals surface area contributed by atoms with Gasteiger partial charge in [-0.15, -0.1) is 24.0 Å². The van der Waals surface area contributed by atoms with Crippen molar-refractivity contribution in [2.45, 2.75) is 38.7 Å². The van der Waals surface area contributed by atoms with Crippen molar-refractivity contribution >= 4 is 29.9 Å². The van der Waals surface area contributed by atoms with E-state index in [-0.39, 0.29) is 24.0 Å². The summed E-state index contributed by atoms with van der Waals surface area (Å²) in [7, 11) is 1.83. The smallest absolute Gasteiger partial charge is 0.190 e. The third kappa shape index (κ3) is 8.31. The minimum absolute atomic E-state index is 0. The summed E-state index contributed by atoms with van der Waals surface area (Å²) in [5.74, 6) is 1.64. The van der Waals surface area contributed by atoms with Crippen molar-refractivity contribution in [1.29, 1.82) is 0 Å². The third-order valence-electron chi connectivity index (χ3n) is 4.68. The number of rotatable bonds is 9. The normalized spacial score (nSPS) is 24.8. The lowest BCUT2D eigenvalue weighted by molar-refractivity contribution is 0.0168. The van der Waals surface area contributed by atoms with Gasteiger partial charge in [0.2, 0.25) is 0 Å². The molecule has 0 saturated carbocycles. The SMILES string of the molecule is CCN1CCC(CNC(=NC)NCCCOCC2CCCO2)C1.I. The van der Waals surface area contributed by atoms with Gasteiger partial charge in [-0.2, -0.15) is 0 Å². The maximum Gasteiger partial charge on any atom is 0.190 e. The minimum atomic E-state index is 0. The molecule has 0 aromatic rings. The first-order chi connectivity index (χ1) is 11.3. The molecule has 7 heteroatoms. The highest BCUT2D eigenvalue weighted by Gasteiger charge is 2.20. The summed E-state index contributed by atoms with van der Waals surface area (Å²) in [5.41, 5.74) is 0. The van der Waals surface area contributed by atoms with Crippen molar-refractivity contribution in [2.24, 2.45) is 10.9 Å². The number of nitrogens with zero attached hydrogens (tertiary/aromatic N) is 2. The van der Waals surface area contributed by atoms with Crippen LogP contribution in [0.3, 0.4) is 0 Å². The number of hydrogen-bond acceptors (Lipinski definition) is 4. The van der Waals surface area contributed by atoms with E-state index >= 15 is 0 Å². The second-order valence-electron chi connectivity index (χ2n) is 6.49. The monoisotopic (exact) mass is 454 g/mol. The van der Waals surface area contributed by atoms with Crippen molar-refractivity contribution in [3.05, 3.63) is 0 Å². The van der Waals surface area contributed by atoms with E-state index in [1.165, 1.54) is 25.9 Å². The number of ether oxygens (including phenoxy) is 2. The molecule has 142 valence electrons. The largest absolute Gasteiger partial charge is 0.379 e. The van der Waals surface area contributed by atoms with E-state index in [0.29, 0.717) is 6.10 Å². The van der Waals surface area contributed by atoms with Crippen molar-refractivity contribution < 1.29 is 9.47 Å². The lowest BCUT2D eigenvalue weighted by Gasteiger charge is -2.16. The topological polar surface area (TPSA) is 58.1 Å². The number of hydrogen-bond donors (Lipinski definition) is 2. The lowest BCUT2D eigenvalue weighted by atomic mass is 10.1. The molecule has 0 aromatic carbocycles. The highest BCUT2D eigenvalue weighted by atomic mass is 127. The molecule has 2 rings (SSSR count). The second-order valence-corrected chi connectivity index (χ2v) is 6.49. The maximum absolute atomic E-state index is 5.67. The van der Waals surface area contributed by atoms with Gasteiger partial charge in [0.25, 0.3) is 0 Å². The van der Waals surface area contributed by atoms with Crippen LogP contribution < -0.4 is 10.6 Å². The summed E-state index contributed by atoms with van der Waals surface area (Å²) in [4.78, 5) is 6.80. The average molecular weight is 454 g/mol. The summed E-state index contributed by atoms with van der Waals surface area (Å²) >= 11 is 0. The Morgan fingerprint density at radius 3 is 2.88 bits per heavy atom. The molecule has 6 nitrogen and oxygen atoms in total. The molecule has 2 saturated heterocycles. The van der Waals surface area contributed by atoms with Crippen molar-refractivity contribution in [3.8, 4) is 0 Å². The summed E-state index contributed by atoms with van der Waals surface area (Å²) < 4.78 is 11.2. The number of guanidine groups is 1. The fourth-order valence-electron chi connectivity index (χ4n) is 3.20. The summed E-state index contributed by atoms with van der Waals surface area (Å²) in [6.45, 7) is 10.1. The fraction of sp³-hybridized carbons (Fsp3) is 0.941. The molecule has 0 aromatic heterocycles. The zero-order valence-corrected chi connectivity index (χ0v) is 17.6. The van der Waals surface area contributed by atoms with Crippen LogP contribution in [-0.4, -0.2) is 76.6 Å². The van der Waals surface area contributed by atoms with E-state index in [2.05, 4.69) is 27.4 Å². The zero-order chi connectivity index (χ0) is 16.3. The van der Waals surface area contributed by atoms with Gasteiger partial charge in [0.1, 0.15) is 0 Å². The summed E-state index contributed by atoms with van der Waals surface area (Å²) in [6, 6.07) is 0. The number of likely N-dealkylation sites (tertiary alicyclic amines) is 1. The molecule has 24 heavy (non-hydrogen) atoms. The molecule has 2 unspecified atom stereocenters. The average Bonchev–Trinajstić information content (AvgIpc) is 3.25. The Hall–Kier alpha value is -0.120. The number of halogens is 1. The van der Waals surface area contributed by atoms with Crippen LogP contribution in [0.5, 0.6) is 0 Å². The minimum Gasteiger partial charge on any atom is -0.379 e. The van der Waals surface area contributed by atoms with Crippen LogP contribution in [0.15, 0.2) is 4.99 Å². The Morgan fingerprint density at radius 1 is 1.33 bits per heavy atom. The summed E-state index contributed by atoms with van der Waals surface area (Å²) in [6.07, 6.45) is 4.92. The second kappa shape index (κ2) is 13.1. The Bertz CT molecular complexity index is 351. The molecule has 0 aliphatic carbocycles. The van der Waals surface area contributed by atoms with E-state index in [1.54, 1.807) is 0 Å². The molecule has 0 bridgehead atoms. The van der Waals surface area contributed by atoms with Gasteiger partial charge in [-0.3, -0.25) is 4.99 Å². The molecular weight excluding hydrogens is 419 g/mol. The van der Waals surface area contributed by atoms with Gasteiger partial charge >= 0.3 is 0 Å². The molecule has 2 N–H and O–H groups in total. The molecule has 0 amide bonds. The van der Waals surface area contributed by atoms with Crippen LogP contribution in [0.4, 0.5) is 0 Å². The van der Waals surface area contributed by atoms with E-state index in [4.69, 9.17) is 9.47 Å². The molecule has 2 aliphatic rings. The molecule has 0 radical (unpaired) electrons. The third-order valence-corrected chi connectivity index (χ3v) is 4.68. The molecule has 2 aliphatic heterocycles. The van der Waals surface area contributed by atoms with Crippen molar-refractivity contribution in [3.63, 3.8) is 0 Å². The van der Waals surface area contributed by atoms with Gasteiger partial charge in [-0.25, -0.2) is 0 Å². The molecular formula is C17H35IN4O2. The summed E-state index contributed by atoms with van der Waals surface area (Å²) in [5, 5.41) is 6.80. The van der Waals surface area contributed by atoms with Crippen LogP contribution in [0.2, 0.25) is 0 Å². The lowest BCUT2D eigenvalue weighted by Crippen LogP contribution is -2.40.